The third kappa shape index (κ3) is 3.64. The minimum atomic E-state index is 0.612. The first kappa shape index (κ1) is 14.7. The topological polar surface area (TPSA) is 15.3 Å². The Bertz CT molecular complexity index is 406. The summed E-state index contributed by atoms with van der Waals surface area (Å²) in [5.41, 5.74) is 2.57. The van der Waals surface area contributed by atoms with E-state index in [0.29, 0.717) is 6.04 Å². The summed E-state index contributed by atoms with van der Waals surface area (Å²) in [7, 11) is 0. The van der Waals surface area contributed by atoms with E-state index in [-0.39, 0.29) is 0 Å². The van der Waals surface area contributed by atoms with Gasteiger partial charge in [-0.2, -0.15) is 0 Å². The molecule has 0 saturated carbocycles. The number of nitrogens with one attached hydrogen (secondary N) is 1. The van der Waals surface area contributed by atoms with E-state index < -0.39 is 0 Å². The van der Waals surface area contributed by atoms with Crippen molar-refractivity contribution >= 4 is 17.3 Å². The van der Waals surface area contributed by atoms with Gasteiger partial charge in [0.05, 0.1) is 0 Å². The molecule has 1 aromatic rings. The van der Waals surface area contributed by atoms with Crippen molar-refractivity contribution < 1.29 is 0 Å². The van der Waals surface area contributed by atoms with Crippen LogP contribution in [0.3, 0.4) is 0 Å². The maximum Gasteiger partial charge on any atom is 0.0471 e. The van der Waals surface area contributed by atoms with Crippen molar-refractivity contribution in [2.45, 2.75) is 52.1 Å². The molecule has 1 unspecified atom stereocenters. The Morgan fingerprint density at radius 3 is 2.95 bits per heavy atom. The van der Waals surface area contributed by atoms with E-state index in [0.717, 1.165) is 24.7 Å². The van der Waals surface area contributed by atoms with Gasteiger partial charge in [-0.25, -0.2) is 0 Å². The monoisotopic (exact) mass is 280 g/mol. The lowest BCUT2D eigenvalue weighted by atomic mass is 10.1. The van der Waals surface area contributed by atoms with E-state index in [4.69, 9.17) is 11.6 Å². The fourth-order valence-corrected chi connectivity index (χ4v) is 3.11. The molecule has 1 fully saturated rings. The second kappa shape index (κ2) is 7.16. The van der Waals surface area contributed by atoms with Crippen LogP contribution in [-0.4, -0.2) is 19.1 Å². The molecule has 1 aromatic carbocycles. The second-order valence-electron chi connectivity index (χ2n) is 5.41. The first-order valence-corrected chi connectivity index (χ1v) is 7.86. The Kier molecular flexibility index (Phi) is 5.53. The summed E-state index contributed by atoms with van der Waals surface area (Å²) >= 11 is 6.41. The summed E-state index contributed by atoms with van der Waals surface area (Å²) in [6.07, 6.45) is 5.27. The highest BCUT2D eigenvalue weighted by molar-refractivity contribution is 6.31. The molecule has 1 aliphatic rings. The molecule has 2 rings (SSSR count). The van der Waals surface area contributed by atoms with Crippen LogP contribution in [0.2, 0.25) is 5.02 Å². The van der Waals surface area contributed by atoms with Crippen molar-refractivity contribution in [1.82, 2.24) is 5.32 Å². The zero-order chi connectivity index (χ0) is 13.7. The van der Waals surface area contributed by atoms with Gasteiger partial charge in [-0.15, -0.1) is 0 Å². The molecular weight excluding hydrogens is 256 g/mol. The van der Waals surface area contributed by atoms with E-state index in [1.807, 2.05) is 6.07 Å². The first-order chi connectivity index (χ1) is 9.24. The van der Waals surface area contributed by atoms with Crippen LogP contribution in [0.5, 0.6) is 0 Å². The lowest BCUT2D eigenvalue weighted by Crippen LogP contribution is -2.33. The molecule has 1 aliphatic heterocycles. The molecule has 0 amide bonds. The maximum atomic E-state index is 6.41. The van der Waals surface area contributed by atoms with Crippen molar-refractivity contribution in [1.29, 1.82) is 0 Å². The number of anilines is 1. The SMILES string of the molecule is CCNCc1c(Cl)cccc1N1CCCCCC1C. The molecule has 0 aliphatic carbocycles. The standard InChI is InChI=1S/C16H25ClN2/c1-3-18-12-14-15(17)9-7-10-16(14)19-11-6-4-5-8-13(19)2/h7,9-10,13,18H,3-6,8,11-12H2,1-2H3. The van der Waals surface area contributed by atoms with Gasteiger partial charge in [-0.05, 0) is 38.4 Å². The van der Waals surface area contributed by atoms with Crippen LogP contribution in [0.25, 0.3) is 0 Å². The number of nitrogens with zero attached hydrogens (tertiary/aromatic N) is 1. The van der Waals surface area contributed by atoms with Gasteiger partial charge >= 0.3 is 0 Å². The van der Waals surface area contributed by atoms with Crippen LogP contribution in [-0.2, 0) is 6.54 Å². The van der Waals surface area contributed by atoms with Crippen LogP contribution in [0.15, 0.2) is 18.2 Å². The number of rotatable bonds is 4. The largest absolute Gasteiger partial charge is 0.369 e. The zero-order valence-corrected chi connectivity index (χ0v) is 12.8. The molecule has 0 bridgehead atoms. The zero-order valence-electron chi connectivity index (χ0n) is 12.1. The molecule has 1 N–H and O–H groups in total. The predicted molar refractivity (Wildman–Crippen MR) is 84.1 cm³/mol. The molecule has 19 heavy (non-hydrogen) atoms. The van der Waals surface area contributed by atoms with Crippen LogP contribution >= 0.6 is 11.6 Å². The van der Waals surface area contributed by atoms with Crippen molar-refractivity contribution in [3.05, 3.63) is 28.8 Å². The Labute approximate surface area is 122 Å². The number of benzene rings is 1. The minimum absolute atomic E-state index is 0.612. The van der Waals surface area contributed by atoms with Gasteiger partial charge in [-0.1, -0.05) is 37.4 Å². The first-order valence-electron chi connectivity index (χ1n) is 7.48. The van der Waals surface area contributed by atoms with Gasteiger partial charge in [0.1, 0.15) is 0 Å². The third-order valence-electron chi connectivity index (χ3n) is 4.01. The quantitative estimate of drug-likeness (QED) is 0.888. The van der Waals surface area contributed by atoms with E-state index in [9.17, 15) is 0 Å². The Morgan fingerprint density at radius 1 is 1.32 bits per heavy atom. The van der Waals surface area contributed by atoms with Gasteiger partial charge in [0, 0.05) is 35.4 Å². The summed E-state index contributed by atoms with van der Waals surface area (Å²) in [6, 6.07) is 6.91. The Hall–Kier alpha value is -0.730. The molecular formula is C16H25ClN2. The van der Waals surface area contributed by atoms with Crippen LogP contribution in [0.1, 0.15) is 45.1 Å². The molecule has 0 spiro atoms. The van der Waals surface area contributed by atoms with E-state index in [1.54, 1.807) is 0 Å². The summed E-state index contributed by atoms with van der Waals surface area (Å²) in [6.45, 7) is 7.45. The highest BCUT2D eigenvalue weighted by Gasteiger charge is 2.20. The van der Waals surface area contributed by atoms with Crippen LogP contribution in [0.4, 0.5) is 5.69 Å². The van der Waals surface area contributed by atoms with Crippen molar-refractivity contribution in [3.8, 4) is 0 Å². The van der Waals surface area contributed by atoms with Crippen molar-refractivity contribution in [2.24, 2.45) is 0 Å². The Morgan fingerprint density at radius 2 is 2.16 bits per heavy atom. The van der Waals surface area contributed by atoms with E-state index in [1.165, 1.54) is 36.9 Å². The number of halogens is 1. The summed E-state index contributed by atoms with van der Waals surface area (Å²) in [5.74, 6) is 0. The summed E-state index contributed by atoms with van der Waals surface area (Å²) in [4.78, 5) is 2.55. The predicted octanol–water partition coefficient (Wildman–Crippen LogP) is 4.22. The van der Waals surface area contributed by atoms with Crippen molar-refractivity contribution in [2.75, 3.05) is 18.0 Å². The Balaban J connectivity index is 2.28. The molecule has 3 heteroatoms. The summed E-state index contributed by atoms with van der Waals surface area (Å²) in [5, 5.41) is 4.29. The molecule has 0 radical (unpaired) electrons. The second-order valence-corrected chi connectivity index (χ2v) is 5.82. The van der Waals surface area contributed by atoms with Gasteiger partial charge in [0.25, 0.3) is 0 Å². The maximum absolute atomic E-state index is 6.41. The molecule has 2 nitrogen and oxygen atoms in total. The molecule has 106 valence electrons. The van der Waals surface area contributed by atoms with E-state index in [2.05, 4.69) is 36.2 Å². The molecule has 1 atom stereocenters. The highest BCUT2D eigenvalue weighted by atomic mass is 35.5. The summed E-state index contributed by atoms with van der Waals surface area (Å²) < 4.78 is 0. The molecule has 0 aromatic heterocycles. The van der Waals surface area contributed by atoms with Gasteiger partial charge < -0.3 is 10.2 Å². The molecule has 1 heterocycles. The lowest BCUT2D eigenvalue weighted by molar-refractivity contribution is 0.612. The molecule has 1 saturated heterocycles. The average Bonchev–Trinajstić information content (AvgIpc) is 2.62. The third-order valence-corrected chi connectivity index (χ3v) is 4.36. The van der Waals surface area contributed by atoms with Crippen LogP contribution in [0, 0.1) is 0 Å². The average molecular weight is 281 g/mol. The fraction of sp³-hybridized carbons (Fsp3) is 0.625. The van der Waals surface area contributed by atoms with Gasteiger partial charge in [0.15, 0.2) is 0 Å². The number of hydrogen-bond acceptors (Lipinski definition) is 2. The lowest BCUT2D eigenvalue weighted by Gasteiger charge is -2.32. The van der Waals surface area contributed by atoms with Gasteiger partial charge in [0.2, 0.25) is 0 Å². The van der Waals surface area contributed by atoms with Gasteiger partial charge in [-0.3, -0.25) is 0 Å². The van der Waals surface area contributed by atoms with E-state index >= 15 is 0 Å². The fourth-order valence-electron chi connectivity index (χ4n) is 2.87. The van der Waals surface area contributed by atoms with Crippen molar-refractivity contribution in [3.63, 3.8) is 0 Å². The minimum Gasteiger partial charge on any atom is -0.369 e. The van der Waals surface area contributed by atoms with Crippen LogP contribution < -0.4 is 10.2 Å². The number of hydrogen-bond donors (Lipinski definition) is 1. The normalized spacial score (nSPS) is 20.4. The highest BCUT2D eigenvalue weighted by Crippen LogP contribution is 2.31. The smallest absolute Gasteiger partial charge is 0.0471 e.